The van der Waals surface area contributed by atoms with Gasteiger partial charge in [0, 0.05) is 24.4 Å². The van der Waals surface area contributed by atoms with Gasteiger partial charge in [0.1, 0.15) is 18.8 Å². The monoisotopic (exact) mass is 643 g/mol. The van der Waals surface area contributed by atoms with Crippen LogP contribution in [0.15, 0.2) is 54.6 Å². The fraction of sp³-hybridized carbons (Fsp3) is 0.515. The van der Waals surface area contributed by atoms with Crippen molar-refractivity contribution in [2.24, 2.45) is 5.92 Å². The summed E-state index contributed by atoms with van der Waals surface area (Å²) in [6.45, 7) is 0.947. The Hall–Kier alpha value is -3.67. The highest BCUT2D eigenvalue weighted by molar-refractivity contribution is 6.30. The Morgan fingerprint density at radius 1 is 1.09 bits per heavy atom. The van der Waals surface area contributed by atoms with Gasteiger partial charge in [0.15, 0.2) is 0 Å². The lowest BCUT2D eigenvalue weighted by Gasteiger charge is -2.34. The minimum atomic E-state index is -2.50. The largest absolute Gasteiger partial charge is 0.465 e. The molecule has 4 rings (SSSR count). The highest BCUT2D eigenvalue weighted by Crippen LogP contribution is 2.28. The first-order chi connectivity index (χ1) is 21.7. The fourth-order valence-corrected chi connectivity index (χ4v) is 6.03. The highest BCUT2D eigenvalue weighted by Gasteiger charge is 2.42. The molecule has 0 aromatic heterocycles. The first kappa shape index (κ1) is 34.2. The average molecular weight is 644 g/mol. The number of nitrogens with one attached hydrogen (secondary N) is 2. The lowest BCUT2D eigenvalue weighted by atomic mass is 9.84. The molecule has 45 heavy (non-hydrogen) atoms. The Balaban J connectivity index is 1.40. The summed E-state index contributed by atoms with van der Waals surface area (Å²) in [5.74, 6) is -2.05. The molecule has 0 radical (unpaired) electrons. The molecular weight excluding hydrogens is 602 g/mol. The summed E-state index contributed by atoms with van der Waals surface area (Å²) in [6, 6.07) is 15.3. The molecular formula is C33H42ClN3O8. The normalized spacial score (nSPS) is 19.1. The van der Waals surface area contributed by atoms with Crippen LogP contribution in [0.2, 0.25) is 5.02 Å². The molecule has 0 spiro atoms. The highest BCUT2D eigenvalue weighted by atomic mass is 35.5. The third-order valence-corrected chi connectivity index (χ3v) is 8.54. The van der Waals surface area contributed by atoms with E-state index in [1.165, 1.54) is 0 Å². The van der Waals surface area contributed by atoms with Crippen LogP contribution in [0, 0.1) is 5.92 Å². The van der Waals surface area contributed by atoms with Gasteiger partial charge in [-0.3, -0.25) is 9.59 Å². The number of benzene rings is 2. The van der Waals surface area contributed by atoms with Crippen molar-refractivity contribution in [2.45, 2.75) is 75.8 Å². The number of hydrogen-bond acceptors (Lipinski definition) is 8. The number of methoxy groups -OCH3 is 1. The van der Waals surface area contributed by atoms with Gasteiger partial charge in [0.2, 0.25) is 17.5 Å². The maximum absolute atomic E-state index is 13.6. The standard InChI is InChI=1S/C33H42ClN3O8/c1-43-31(40)33(42,16-15-29(38)37-17-18-44-28(21-37)25-12-6-3-7-13-25)36-30(39)27(20-23-9-4-2-5-10-23)35-32(41)45-22-24-11-8-14-26(34)19-24/h3,6-8,11-14,19,23,27-28,42H,2,4-5,9-10,15-18,20-22H2,1H3,(H,35,41)(H,36,39)/t27-,28?,33?/m0/s1. The number of ether oxygens (including phenoxy) is 3. The lowest BCUT2D eigenvalue weighted by Crippen LogP contribution is -2.60. The summed E-state index contributed by atoms with van der Waals surface area (Å²) in [4.78, 5) is 53.9. The van der Waals surface area contributed by atoms with Crippen molar-refractivity contribution in [3.05, 3.63) is 70.7 Å². The van der Waals surface area contributed by atoms with Crippen LogP contribution in [0.5, 0.6) is 0 Å². The quantitative estimate of drug-likeness (QED) is 0.230. The van der Waals surface area contributed by atoms with Crippen LogP contribution in [-0.2, 0) is 35.2 Å². The van der Waals surface area contributed by atoms with Gasteiger partial charge >= 0.3 is 12.1 Å². The predicted octanol–water partition coefficient (Wildman–Crippen LogP) is 4.26. The Kier molecular flexibility index (Phi) is 12.6. The summed E-state index contributed by atoms with van der Waals surface area (Å²) in [6.07, 6.45) is 3.42. The number of rotatable bonds is 12. The SMILES string of the molecule is COC(=O)C(O)(CCC(=O)N1CCOC(c2ccccc2)C1)NC(=O)[C@H](CC1CCCCC1)NC(=O)OCc1cccc(Cl)c1. The lowest BCUT2D eigenvalue weighted by molar-refractivity contribution is -0.171. The van der Waals surface area contributed by atoms with E-state index in [4.69, 9.17) is 25.8 Å². The Morgan fingerprint density at radius 3 is 2.56 bits per heavy atom. The van der Waals surface area contributed by atoms with Gasteiger partial charge in [-0.05, 0) is 35.6 Å². The second kappa shape index (κ2) is 16.6. The molecule has 11 nitrogen and oxygen atoms in total. The molecule has 2 unspecified atom stereocenters. The zero-order valence-electron chi connectivity index (χ0n) is 25.5. The van der Waals surface area contributed by atoms with Gasteiger partial charge in [-0.2, -0.15) is 0 Å². The van der Waals surface area contributed by atoms with Crippen LogP contribution in [0.1, 0.15) is 68.6 Å². The van der Waals surface area contributed by atoms with Crippen LogP contribution in [0.4, 0.5) is 4.79 Å². The van der Waals surface area contributed by atoms with Gasteiger partial charge < -0.3 is 34.9 Å². The minimum absolute atomic E-state index is 0.0644. The first-order valence-corrected chi connectivity index (χ1v) is 15.8. The van der Waals surface area contributed by atoms with Crippen LogP contribution < -0.4 is 10.6 Å². The summed E-state index contributed by atoms with van der Waals surface area (Å²) in [5, 5.41) is 16.8. The number of esters is 1. The van der Waals surface area contributed by atoms with Crippen LogP contribution in [0.3, 0.4) is 0 Å². The second-order valence-corrected chi connectivity index (χ2v) is 12.0. The fourth-order valence-electron chi connectivity index (χ4n) is 5.81. The van der Waals surface area contributed by atoms with Gasteiger partial charge in [-0.15, -0.1) is 0 Å². The van der Waals surface area contributed by atoms with E-state index in [0.717, 1.165) is 44.8 Å². The van der Waals surface area contributed by atoms with E-state index in [2.05, 4.69) is 10.6 Å². The number of nitrogens with zero attached hydrogens (tertiary/aromatic N) is 1. The van der Waals surface area contributed by atoms with E-state index in [1.54, 1.807) is 29.2 Å². The van der Waals surface area contributed by atoms with Crippen molar-refractivity contribution in [1.82, 2.24) is 15.5 Å². The topological polar surface area (TPSA) is 144 Å². The molecule has 2 aromatic carbocycles. The Labute approximate surface area is 268 Å². The van der Waals surface area contributed by atoms with Crippen molar-refractivity contribution in [3.63, 3.8) is 0 Å². The van der Waals surface area contributed by atoms with Crippen LogP contribution >= 0.6 is 11.6 Å². The summed E-state index contributed by atoms with van der Waals surface area (Å²) in [5.41, 5.74) is -0.883. The molecule has 12 heteroatoms. The van der Waals surface area contributed by atoms with Crippen molar-refractivity contribution in [1.29, 1.82) is 0 Å². The number of halogens is 1. The zero-order valence-corrected chi connectivity index (χ0v) is 26.3. The van der Waals surface area contributed by atoms with Crippen molar-refractivity contribution in [2.75, 3.05) is 26.8 Å². The molecule has 2 aromatic rings. The molecule has 2 fully saturated rings. The molecule has 2 aliphatic rings. The molecule has 0 bridgehead atoms. The number of morpholine rings is 1. The summed E-state index contributed by atoms with van der Waals surface area (Å²) >= 11 is 6.01. The van der Waals surface area contributed by atoms with E-state index in [9.17, 15) is 24.3 Å². The smallest absolute Gasteiger partial charge is 0.408 e. The molecule has 3 N–H and O–H groups in total. The van der Waals surface area contributed by atoms with Crippen molar-refractivity contribution in [3.8, 4) is 0 Å². The van der Waals surface area contributed by atoms with E-state index >= 15 is 0 Å². The predicted molar refractivity (Wildman–Crippen MR) is 166 cm³/mol. The Bertz CT molecular complexity index is 1310. The molecule has 3 atom stereocenters. The van der Waals surface area contributed by atoms with E-state index in [-0.39, 0.29) is 31.0 Å². The van der Waals surface area contributed by atoms with E-state index in [0.29, 0.717) is 36.7 Å². The third kappa shape index (κ3) is 10.2. The van der Waals surface area contributed by atoms with E-state index in [1.807, 2.05) is 30.3 Å². The molecule has 1 heterocycles. The van der Waals surface area contributed by atoms with Crippen LogP contribution in [-0.4, -0.2) is 72.5 Å². The number of aliphatic hydroxyl groups is 1. The average Bonchev–Trinajstić information content (AvgIpc) is 3.06. The van der Waals surface area contributed by atoms with E-state index < -0.39 is 36.2 Å². The zero-order chi connectivity index (χ0) is 32.2. The molecule has 1 aliphatic carbocycles. The maximum atomic E-state index is 13.6. The van der Waals surface area contributed by atoms with Crippen LogP contribution in [0.25, 0.3) is 0 Å². The Morgan fingerprint density at radius 2 is 1.84 bits per heavy atom. The molecule has 1 aliphatic heterocycles. The number of alkyl carbamates (subject to hydrolysis) is 1. The molecule has 244 valence electrons. The minimum Gasteiger partial charge on any atom is -0.465 e. The third-order valence-electron chi connectivity index (χ3n) is 8.31. The molecule has 1 saturated heterocycles. The van der Waals surface area contributed by atoms with Gasteiger partial charge in [0.05, 0.1) is 20.3 Å². The number of carbonyl (C=O) groups is 4. The van der Waals surface area contributed by atoms with Crippen molar-refractivity contribution >= 4 is 35.5 Å². The first-order valence-electron chi connectivity index (χ1n) is 15.4. The second-order valence-electron chi connectivity index (χ2n) is 11.6. The van der Waals surface area contributed by atoms with Gasteiger partial charge in [-0.1, -0.05) is 86.2 Å². The van der Waals surface area contributed by atoms with Gasteiger partial charge in [0.25, 0.3) is 0 Å². The number of carbonyl (C=O) groups excluding carboxylic acids is 4. The summed E-state index contributed by atoms with van der Waals surface area (Å²) < 4.78 is 16.0. The summed E-state index contributed by atoms with van der Waals surface area (Å²) in [7, 11) is 1.08. The number of amides is 3. The molecule has 3 amide bonds. The van der Waals surface area contributed by atoms with Crippen molar-refractivity contribution < 1.29 is 38.5 Å². The number of hydrogen-bond donors (Lipinski definition) is 3. The molecule has 1 saturated carbocycles. The van der Waals surface area contributed by atoms with Gasteiger partial charge in [-0.25, -0.2) is 9.59 Å². The maximum Gasteiger partial charge on any atom is 0.408 e.